The van der Waals surface area contributed by atoms with Gasteiger partial charge in [-0.05, 0) is 53.9 Å². The molecule has 8 nitrogen and oxygen atoms in total. The zero-order chi connectivity index (χ0) is 21.8. The Balaban J connectivity index is 1.81. The standard InChI is InChI=1S/C21H26BrN5O3/c1-6-17(27-12-16(22)10-23-27)21(28)24-20-13(2)25-26(14(20)3)11-15-7-8-18(29-4)19(9-15)30-5/h7-10,12,17H,6,11H2,1-5H3,(H,24,28). The molecule has 0 bridgehead atoms. The number of aryl methyl sites for hydroxylation is 1. The van der Waals surface area contributed by atoms with Crippen molar-refractivity contribution in [1.82, 2.24) is 19.6 Å². The maximum Gasteiger partial charge on any atom is 0.249 e. The summed E-state index contributed by atoms with van der Waals surface area (Å²) in [5.41, 5.74) is 3.39. The third-order valence-electron chi connectivity index (χ3n) is 4.99. The van der Waals surface area contributed by atoms with Gasteiger partial charge in [0.25, 0.3) is 0 Å². The average Bonchev–Trinajstić information content (AvgIpc) is 3.26. The van der Waals surface area contributed by atoms with E-state index in [2.05, 4.69) is 31.4 Å². The van der Waals surface area contributed by atoms with E-state index in [4.69, 9.17) is 9.47 Å². The Kier molecular flexibility index (Phi) is 6.81. The number of nitrogens with one attached hydrogen (secondary N) is 1. The highest BCUT2D eigenvalue weighted by atomic mass is 79.9. The Labute approximate surface area is 184 Å². The van der Waals surface area contributed by atoms with Gasteiger partial charge in [-0.15, -0.1) is 0 Å². The summed E-state index contributed by atoms with van der Waals surface area (Å²) in [5.74, 6) is 1.23. The van der Waals surface area contributed by atoms with Gasteiger partial charge in [-0.2, -0.15) is 10.2 Å². The molecule has 0 aliphatic rings. The monoisotopic (exact) mass is 475 g/mol. The molecule has 1 atom stereocenters. The number of aromatic nitrogens is 4. The fourth-order valence-corrected chi connectivity index (χ4v) is 3.67. The van der Waals surface area contributed by atoms with Gasteiger partial charge in [0, 0.05) is 6.20 Å². The van der Waals surface area contributed by atoms with Crippen molar-refractivity contribution < 1.29 is 14.3 Å². The van der Waals surface area contributed by atoms with Crippen LogP contribution in [0.4, 0.5) is 5.69 Å². The predicted molar refractivity (Wildman–Crippen MR) is 118 cm³/mol. The van der Waals surface area contributed by atoms with Gasteiger partial charge in [-0.3, -0.25) is 14.2 Å². The van der Waals surface area contributed by atoms with Gasteiger partial charge in [-0.1, -0.05) is 13.0 Å². The fourth-order valence-electron chi connectivity index (χ4n) is 3.37. The predicted octanol–water partition coefficient (Wildman–Crippen LogP) is 4.11. The second kappa shape index (κ2) is 9.34. The first-order chi connectivity index (χ1) is 14.4. The van der Waals surface area contributed by atoms with E-state index >= 15 is 0 Å². The maximum absolute atomic E-state index is 12.9. The molecule has 3 rings (SSSR count). The number of hydrogen-bond acceptors (Lipinski definition) is 5. The Hall–Kier alpha value is -2.81. The van der Waals surface area contributed by atoms with Crippen molar-refractivity contribution in [3.8, 4) is 11.5 Å². The third-order valence-corrected chi connectivity index (χ3v) is 5.40. The van der Waals surface area contributed by atoms with Gasteiger partial charge < -0.3 is 14.8 Å². The minimum absolute atomic E-state index is 0.120. The van der Waals surface area contributed by atoms with Crippen LogP contribution in [0.25, 0.3) is 0 Å². The average molecular weight is 476 g/mol. The maximum atomic E-state index is 12.9. The second-order valence-electron chi connectivity index (χ2n) is 6.94. The van der Waals surface area contributed by atoms with Crippen molar-refractivity contribution in [2.45, 2.75) is 39.8 Å². The fraction of sp³-hybridized carbons (Fsp3) is 0.381. The summed E-state index contributed by atoms with van der Waals surface area (Å²) in [4.78, 5) is 12.9. The molecule has 0 saturated heterocycles. The summed E-state index contributed by atoms with van der Waals surface area (Å²) in [6, 6.07) is 5.37. The van der Waals surface area contributed by atoms with E-state index in [1.807, 2.05) is 43.7 Å². The number of carbonyl (C=O) groups is 1. The number of carbonyl (C=O) groups excluding carboxylic acids is 1. The van der Waals surface area contributed by atoms with E-state index in [0.29, 0.717) is 24.5 Å². The molecule has 0 aliphatic heterocycles. The Morgan fingerprint density at radius 3 is 2.57 bits per heavy atom. The summed E-state index contributed by atoms with van der Waals surface area (Å²) >= 11 is 3.38. The van der Waals surface area contributed by atoms with Crippen LogP contribution >= 0.6 is 15.9 Å². The number of halogens is 1. The quantitative estimate of drug-likeness (QED) is 0.529. The molecule has 1 amide bonds. The Morgan fingerprint density at radius 2 is 1.97 bits per heavy atom. The summed E-state index contributed by atoms with van der Waals surface area (Å²) in [6.45, 7) is 6.34. The summed E-state index contributed by atoms with van der Waals surface area (Å²) in [6.07, 6.45) is 4.10. The molecule has 0 radical (unpaired) electrons. The van der Waals surface area contributed by atoms with Gasteiger partial charge >= 0.3 is 0 Å². The van der Waals surface area contributed by atoms with Crippen molar-refractivity contribution in [2.24, 2.45) is 0 Å². The molecule has 3 aromatic rings. The Bertz CT molecular complexity index is 1040. The molecule has 0 spiro atoms. The zero-order valence-corrected chi connectivity index (χ0v) is 19.4. The lowest BCUT2D eigenvalue weighted by Crippen LogP contribution is -2.26. The number of anilines is 1. The van der Waals surface area contributed by atoms with Crippen LogP contribution < -0.4 is 14.8 Å². The van der Waals surface area contributed by atoms with Gasteiger partial charge in [0.15, 0.2) is 11.5 Å². The number of hydrogen-bond donors (Lipinski definition) is 1. The molecule has 2 aromatic heterocycles. The first kappa shape index (κ1) is 21.9. The first-order valence-corrected chi connectivity index (χ1v) is 10.4. The molecule has 30 heavy (non-hydrogen) atoms. The lowest BCUT2D eigenvalue weighted by Gasteiger charge is -2.16. The van der Waals surface area contributed by atoms with Crippen LogP contribution in [0, 0.1) is 13.8 Å². The van der Waals surface area contributed by atoms with Crippen molar-refractivity contribution >= 4 is 27.5 Å². The van der Waals surface area contributed by atoms with E-state index in [1.54, 1.807) is 31.3 Å². The van der Waals surface area contributed by atoms with Gasteiger partial charge in [0.1, 0.15) is 6.04 Å². The molecule has 0 aliphatic carbocycles. The van der Waals surface area contributed by atoms with E-state index in [-0.39, 0.29) is 5.91 Å². The molecule has 1 aromatic carbocycles. The van der Waals surface area contributed by atoms with E-state index in [0.717, 1.165) is 27.1 Å². The Morgan fingerprint density at radius 1 is 1.23 bits per heavy atom. The molecule has 160 valence electrons. The topological polar surface area (TPSA) is 83.2 Å². The highest BCUT2D eigenvalue weighted by molar-refractivity contribution is 9.10. The molecule has 9 heteroatoms. The van der Waals surface area contributed by atoms with E-state index in [1.165, 1.54) is 0 Å². The summed E-state index contributed by atoms with van der Waals surface area (Å²) in [7, 11) is 3.22. The highest BCUT2D eigenvalue weighted by Crippen LogP contribution is 2.29. The number of methoxy groups -OCH3 is 2. The molecule has 0 fully saturated rings. The lowest BCUT2D eigenvalue weighted by atomic mass is 10.2. The molecular weight excluding hydrogens is 450 g/mol. The SMILES string of the molecule is CCC(C(=O)Nc1c(C)nn(Cc2ccc(OC)c(OC)c2)c1C)n1cc(Br)cn1. The van der Waals surface area contributed by atoms with E-state index < -0.39 is 6.04 Å². The summed E-state index contributed by atoms with van der Waals surface area (Å²) < 4.78 is 15.1. The van der Waals surface area contributed by atoms with Crippen LogP contribution in [0.2, 0.25) is 0 Å². The van der Waals surface area contributed by atoms with Gasteiger partial charge in [-0.25, -0.2) is 0 Å². The lowest BCUT2D eigenvalue weighted by molar-refractivity contribution is -0.119. The molecule has 2 heterocycles. The first-order valence-electron chi connectivity index (χ1n) is 9.63. The number of rotatable bonds is 8. The largest absolute Gasteiger partial charge is 0.493 e. The van der Waals surface area contributed by atoms with Gasteiger partial charge in [0.2, 0.25) is 5.91 Å². The number of ether oxygens (including phenoxy) is 2. The minimum atomic E-state index is -0.399. The van der Waals surface area contributed by atoms with Crippen molar-refractivity contribution in [1.29, 1.82) is 0 Å². The van der Waals surface area contributed by atoms with Crippen molar-refractivity contribution in [3.63, 3.8) is 0 Å². The zero-order valence-electron chi connectivity index (χ0n) is 17.8. The smallest absolute Gasteiger partial charge is 0.249 e. The van der Waals surface area contributed by atoms with Crippen LogP contribution in [0.5, 0.6) is 11.5 Å². The number of nitrogens with zero attached hydrogens (tertiary/aromatic N) is 4. The van der Waals surface area contributed by atoms with Crippen LogP contribution in [0.3, 0.4) is 0 Å². The van der Waals surface area contributed by atoms with E-state index in [9.17, 15) is 4.79 Å². The minimum Gasteiger partial charge on any atom is -0.493 e. The molecule has 0 saturated carbocycles. The van der Waals surface area contributed by atoms with Crippen LogP contribution in [-0.4, -0.2) is 39.7 Å². The number of amides is 1. The van der Waals surface area contributed by atoms with Crippen LogP contribution in [0.15, 0.2) is 35.1 Å². The van der Waals surface area contributed by atoms with Crippen molar-refractivity contribution in [3.05, 3.63) is 52.0 Å². The number of benzene rings is 1. The van der Waals surface area contributed by atoms with Crippen LogP contribution in [0.1, 0.15) is 36.3 Å². The van der Waals surface area contributed by atoms with Crippen molar-refractivity contribution in [2.75, 3.05) is 19.5 Å². The van der Waals surface area contributed by atoms with Crippen LogP contribution in [-0.2, 0) is 11.3 Å². The third kappa shape index (κ3) is 4.51. The summed E-state index contributed by atoms with van der Waals surface area (Å²) in [5, 5.41) is 11.9. The molecule has 1 N–H and O–H groups in total. The molecular formula is C21H26BrN5O3. The van der Waals surface area contributed by atoms with Gasteiger partial charge in [0.05, 0.1) is 48.5 Å². The highest BCUT2D eigenvalue weighted by Gasteiger charge is 2.22. The molecule has 1 unspecified atom stereocenters. The normalized spacial score (nSPS) is 11.9. The second-order valence-corrected chi connectivity index (χ2v) is 7.86.